The molecule has 0 aliphatic rings. The standard InChI is InChI=1S/C14H4Cl5F3N2O/c15-5-1-4(2-6(16)9(5)19)25-12-8(18)3-7(17)10-11(12)24-13(23-10)14(20,21)22/h1-3H,(H,23,24). The number of benzene rings is 2. The van der Waals surface area contributed by atoms with Crippen LogP contribution in [0.3, 0.4) is 0 Å². The molecule has 0 aliphatic carbocycles. The number of hydrogen-bond acceptors (Lipinski definition) is 2. The Kier molecular flexibility index (Phi) is 4.94. The monoisotopic (exact) mass is 448 g/mol. The molecule has 1 aromatic heterocycles. The Bertz CT molecular complexity index is 964. The first kappa shape index (κ1) is 18.7. The highest BCUT2D eigenvalue weighted by molar-refractivity contribution is 6.48. The number of rotatable bonds is 2. The van der Waals surface area contributed by atoms with Crippen LogP contribution in [-0.2, 0) is 6.18 Å². The number of alkyl halides is 3. The first-order valence-corrected chi connectivity index (χ1v) is 8.24. The maximum absolute atomic E-state index is 12.9. The van der Waals surface area contributed by atoms with E-state index in [0.717, 1.165) is 0 Å². The molecule has 0 amide bonds. The Labute approximate surface area is 163 Å². The molecule has 0 spiro atoms. The van der Waals surface area contributed by atoms with Gasteiger partial charge in [-0.05, 0) is 6.07 Å². The third-order valence-corrected chi connectivity index (χ3v) is 4.84. The van der Waals surface area contributed by atoms with Gasteiger partial charge < -0.3 is 9.72 Å². The van der Waals surface area contributed by atoms with Crippen LogP contribution in [0.5, 0.6) is 11.5 Å². The van der Waals surface area contributed by atoms with Crippen LogP contribution in [0.15, 0.2) is 18.2 Å². The second-order valence-electron chi connectivity index (χ2n) is 4.78. The van der Waals surface area contributed by atoms with Crippen LogP contribution < -0.4 is 4.74 Å². The number of aromatic nitrogens is 2. The highest BCUT2D eigenvalue weighted by Gasteiger charge is 2.36. The van der Waals surface area contributed by atoms with Gasteiger partial charge in [-0.3, -0.25) is 0 Å². The van der Waals surface area contributed by atoms with Crippen molar-refractivity contribution in [1.82, 2.24) is 9.97 Å². The molecule has 0 bridgehead atoms. The van der Waals surface area contributed by atoms with Gasteiger partial charge in [0.25, 0.3) is 0 Å². The Morgan fingerprint density at radius 2 is 1.48 bits per heavy atom. The van der Waals surface area contributed by atoms with E-state index in [1.165, 1.54) is 18.2 Å². The highest BCUT2D eigenvalue weighted by atomic mass is 35.5. The molecule has 0 radical (unpaired) electrons. The zero-order chi connectivity index (χ0) is 18.5. The third-order valence-electron chi connectivity index (χ3n) is 3.07. The van der Waals surface area contributed by atoms with Gasteiger partial charge >= 0.3 is 6.18 Å². The van der Waals surface area contributed by atoms with Crippen molar-refractivity contribution in [3.8, 4) is 11.5 Å². The van der Waals surface area contributed by atoms with E-state index in [0.29, 0.717) is 0 Å². The van der Waals surface area contributed by atoms with E-state index in [-0.39, 0.29) is 47.6 Å². The molecule has 132 valence electrons. The number of hydrogen-bond donors (Lipinski definition) is 1. The largest absolute Gasteiger partial charge is 0.453 e. The zero-order valence-electron chi connectivity index (χ0n) is 11.6. The number of ether oxygens (including phenoxy) is 1. The van der Waals surface area contributed by atoms with Gasteiger partial charge in [0.2, 0.25) is 5.82 Å². The van der Waals surface area contributed by atoms with E-state index in [1.54, 1.807) is 0 Å². The van der Waals surface area contributed by atoms with Crippen molar-refractivity contribution in [2.75, 3.05) is 0 Å². The third kappa shape index (κ3) is 3.59. The predicted molar refractivity (Wildman–Crippen MR) is 92.7 cm³/mol. The van der Waals surface area contributed by atoms with E-state index in [2.05, 4.69) is 9.97 Å². The summed E-state index contributed by atoms with van der Waals surface area (Å²) in [5, 5.41) is 0.226. The molecule has 0 unspecified atom stereocenters. The average Bonchev–Trinajstić information content (AvgIpc) is 2.94. The van der Waals surface area contributed by atoms with Gasteiger partial charge in [0.05, 0.1) is 25.1 Å². The summed E-state index contributed by atoms with van der Waals surface area (Å²) in [7, 11) is 0. The SMILES string of the molecule is FC(F)(F)c1nc2c(Cl)cc(Cl)c(Oc3cc(Cl)c(Cl)c(Cl)c3)c2[nH]1. The minimum absolute atomic E-state index is 0.0305. The van der Waals surface area contributed by atoms with E-state index < -0.39 is 12.0 Å². The van der Waals surface area contributed by atoms with Crippen LogP contribution in [0.4, 0.5) is 13.2 Å². The second-order valence-corrected chi connectivity index (χ2v) is 6.79. The fraction of sp³-hybridized carbons (Fsp3) is 0.0714. The lowest BCUT2D eigenvalue weighted by molar-refractivity contribution is -0.144. The van der Waals surface area contributed by atoms with Gasteiger partial charge in [0.1, 0.15) is 16.8 Å². The molecule has 0 aliphatic heterocycles. The average molecular weight is 450 g/mol. The Morgan fingerprint density at radius 3 is 2.04 bits per heavy atom. The van der Waals surface area contributed by atoms with Crippen molar-refractivity contribution in [1.29, 1.82) is 0 Å². The molecule has 1 N–H and O–H groups in total. The molecule has 0 saturated heterocycles. The van der Waals surface area contributed by atoms with Crippen molar-refractivity contribution in [3.05, 3.63) is 49.1 Å². The first-order valence-electron chi connectivity index (χ1n) is 6.35. The Hall–Kier alpha value is -1.05. The van der Waals surface area contributed by atoms with Gasteiger partial charge in [-0.15, -0.1) is 0 Å². The van der Waals surface area contributed by atoms with Crippen LogP contribution in [-0.4, -0.2) is 9.97 Å². The van der Waals surface area contributed by atoms with E-state index in [9.17, 15) is 13.2 Å². The van der Waals surface area contributed by atoms with Crippen LogP contribution in [0.2, 0.25) is 25.1 Å². The number of nitrogens with one attached hydrogen (secondary N) is 1. The molecule has 1 heterocycles. The summed E-state index contributed by atoms with van der Waals surface area (Å²) in [6, 6.07) is 3.90. The maximum atomic E-state index is 12.9. The smallest absolute Gasteiger partial charge is 0.449 e. The zero-order valence-corrected chi connectivity index (χ0v) is 15.4. The van der Waals surface area contributed by atoms with Crippen molar-refractivity contribution in [2.45, 2.75) is 6.18 Å². The lowest BCUT2D eigenvalue weighted by Gasteiger charge is -2.11. The van der Waals surface area contributed by atoms with Crippen LogP contribution >= 0.6 is 58.0 Å². The van der Waals surface area contributed by atoms with Crippen molar-refractivity contribution in [2.24, 2.45) is 0 Å². The molecule has 3 aromatic rings. The minimum Gasteiger partial charge on any atom is -0.453 e. The summed E-state index contributed by atoms with van der Waals surface area (Å²) >= 11 is 29.7. The lowest BCUT2D eigenvalue weighted by atomic mass is 10.3. The van der Waals surface area contributed by atoms with Gasteiger partial charge in [-0.25, -0.2) is 4.98 Å². The molecule has 0 atom stereocenters. The first-order chi connectivity index (χ1) is 11.6. The summed E-state index contributed by atoms with van der Waals surface area (Å²) in [5.41, 5.74) is -0.258. The summed E-state index contributed by atoms with van der Waals surface area (Å²) in [6.07, 6.45) is -4.70. The quantitative estimate of drug-likeness (QED) is 0.408. The second kappa shape index (κ2) is 6.59. The summed E-state index contributed by atoms with van der Waals surface area (Å²) in [6.45, 7) is 0. The molecule has 25 heavy (non-hydrogen) atoms. The van der Waals surface area contributed by atoms with Crippen LogP contribution in [0.1, 0.15) is 5.82 Å². The van der Waals surface area contributed by atoms with Crippen molar-refractivity contribution < 1.29 is 17.9 Å². The predicted octanol–water partition coefficient (Wildman–Crippen LogP) is 7.64. The Morgan fingerprint density at radius 1 is 0.880 bits per heavy atom. The van der Waals surface area contributed by atoms with Gasteiger partial charge in [-0.1, -0.05) is 58.0 Å². The summed E-state index contributed by atoms with van der Waals surface area (Å²) in [5.74, 6) is -1.23. The van der Waals surface area contributed by atoms with E-state index >= 15 is 0 Å². The molecule has 2 aromatic carbocycles. The number of halogens is 8. The molecule has 0 saturated carbocycles. The number of nitrogens with zero attached hydrogens (tertiary/aromatic N) is 1. The number of fused-ring (bicyclic) bond motifs is 1. The molecular formula is C14H4Cl5F3N2O. The van der Waals surface area contributed by atoms with Crippen LogP contribution in [0, 0.1) is 0 Å². The molecule has 11 heteroatoms. The molecule has 3 rings (SSSR count). The Balaban J connectivity index is 2.17. The molecular weight excluding hydrogens is 446 g/mol. The fourth-order valence-electron chi connectivity index (χ4n) is 2.02. The van der Waals surface area contributed by atoms with Gasteiger partial charge in [0.15, 0.2) is 5.75 Å². The normalized spacial score (nSPS) is 12.0. The number of H-pyrrole nitrogens is 1. The molecule has 3 nitrogen and oxygen atoms in total. The molecule has 0 fully saturated rings. The van der Waals surface area contributed by atoms with Crippen LogP contribution in [0.25, 0.3) is 11.0 Å². The van der Waals surface area contributed by atoms with Gasteiger partial charge in [-0.2, -0.15) is 13.2 Å². The van der Waals surface area contributed by atoms with Gasteiger partial charge in [0, 0.05) is 12.1 Å². The lowest BCUT2D eigenvalue weighted by Crippen LogP contribution is -2.06. The summed E-state index contributed by atoms with van der Waals surface area (Å²) in [4.78, 5) is 5.58. The maximum Gasteiger partial charge on any atom is 0.449 e. The van der Waals surface area contributed by atoms with Crippen molar-refractivity contribution in [3.63, 3.8) is 0 Å². The topological polar surface area (TPSA) is 37.9 Å². The fourth-order valence-corrected chi connectivity index (χ4v) is 3.14. The van der Waals surface area contributed by atoms with E-state index in [4.69, 9.17) is 62.7 Å². The summed E-state index contributed by atoms with van der Waals surface area (Å²) < 4.78 is 44.3. The number of aromatic amines is 1. The van der Waals surface area contributed by atoms with Crippen molar-refractivity contribution >= 4 is 69.0 Å². The minimum atomic E-state index is -4.70. The van der Waals surface area contributed by atoms with E-state index in [1.807, 2.05) is 0 Å². The number of imidazole rings is 1. The highest BCUT2D eigenvalue weighted by Crippen LogP contribution is 2.43.